The lowest BCUT2D eigenvalue weighted by atomic mass is 10.1. The van der Waals surface area contributed by atoms with E-state index in [1.807, 2.05) is 13.8 Å². The number of carbonyl (C=O) groups is 1. The molecule has 0 aliphatic carbocycles. The number of anilines is 1. The van der Waals surface area contributed by atoms with Crippen molar-refractivity contribution in [3.63, 3.8) is 0 Å². The van der Waals surface area contributed by atoms with Gasteiger partial charge in [0.25, 0.3) is 5.69 Å². The summed E-state index contributed by atoms with van der Waals surface area (Å²) >= 11 is 0. The van der Waals surface area contributed by atoms with E-state index in [9.17, 15) is 14.9 Å². The number of nitrogen functional groups attached to an aromatic ring is 1. The molecule has 1 saturated heterocycles. The Balaban J connectivity index is 1.59. The molecule has 1 aliphatic heterocycles. The van der Waals surface area contributed by atoms with Gasteiger partial charge in [-0.05, 0) is 37.0 Å². The Bertz CT molecular complexity index is 1090. The molecule has 1 heterocycles. The second kappa shape index (κ2) is 14.5. The second-order valence-electron chi connectivity index (χ2n) is 9.63. The molecule has 9 nitrogen and oxygen atoms in total. The van der Waals surface area contributed by atoms with Crippen molar-refractivity contribution in [3.05, 3.63) is 69.8 Å². The molecule has 206 valence electrons. The van der Waals surface area contributed by atoms with Crippen LogP contribution in [-0.4, -0.2) is 30.7 Å². The maximum Gasteiger partial charge on any atom is 0.350 e. The van der Waals surface area contributed by atoms with Gasteiger partial charge in [0.15, 0.2) is 6.29 Å². The Morgan fingerprint density at radius 3 is 2.53 bits per heavy atom. The number of ether oxygens (including phenoxy) is 4. The average molecular weight is 527 g/mol. The number of unbranched alkanes of at least 4 members (excludes halogenated alkanes) is 3. The van der Waals surface area contributed by atoms with Crippen LogP contribution in [0, 0.1) is 22.0 Å². The van der Waals surface area contributed by atoms with E-state index in [1.54, 1.807) is 24.3 Å². The number of nitrogens with two attached hydrogens (primary N) is 1. The summed E-state index contributed by atoms with van der Waals surface area (Å²) in [6, 6.07) is 9.06. The van der Waals surface area contributed by atoms with Crippen LogP contribution >= 0.6 is 0 Å². The molecule has 9 heteroatoms. The summed E-state index contributed by atoms with van der Waals surface area (Å²) < 4.78 is 22.8. The topological polar surface area (TPSA) is 123 Å². The van der Waals surface area contributed by atoms with Gasteiger partial charge in [-0.1, -0.05) is 64.3 Å². The molecular formula is C29H38N2O7. The number of nitrogens with zero attached hydrogens (tertiary/aromatic N) is 1. The molecule has 0 unspecified atom stereocenters. The molecule has 0 saturated carbocycles. The normalized spacial score (nSPS) is 18.3. The summed E-state index contributed by atoms with van der Waals surface area (Å²) in [5.74, 6) is -0.0115. The van der Waals surface area contributed by atoms with Crippen molar-refractivity contribution in [3.8, 4) is 11.5 Å². The number of esters is 1. The first-order valence-electron chi connectivity index (χ1n) is 13.2. The highest BCUT2D eigenvalue weighted by Crippen LogP contribution is 2.33. The summed E-state index contributed by atoms with van der Waals surface area (Å²) in [7, 11) is 0. The van der Waals surface area contributed by atoms with E-state index in [2.05, 4.69) is 19.1 Å². The summed E-state index contributed by atoms with van der Waals surface area (Å²) in [4.78, 5) is 23.8. The van der Waals surface area contributed by atoms with Crippen molar-refractivity contribution in [2.75, 3.05) is 25.6 Å². The maximum absolute atomic E-state index is 12.8. The number of allylic oxidation sites excluding steroid dienone is 1. The number of hydrogen-bond donors (Lipinski definition) is 1. The fourth-order valence-corrected chi connectivity index (χ4v) is 3.85. The zero-order valence-electron chi connectivity index (χ0n) is 22.4. The molecule has 0 bridgehead atoms. The average Bonchev–Trinajstić information content (AvgIpc) is 2.92. The van der Waals surface area contributed by atoms with Crippen molar-refractivity contribution in [2.24, 2.45) is 11.8 Å². The van der Waals surface area contributed by atoms with E-state index >= 15 is 0 Å². The molecule has 1 fully saturated rings. The number of nitro groups is 1. The summed E-state index contributed by atoms with van der Waals surface area (Å²) in [5.41, 5.74) is 6.25. The Morgan fingerprint density at radius 1 is 1.18 bits per heavy atom. The van der Waals surface area contributed by atoms with Crippen LogP contribution in [0.5, 0.6) is 11.5 Å². The van der Waals surface area contributed by atoms with Gasteiger partial charge in [0.2, 0.25) is 0 Å². The molecule has 2 N–H and O–H groups in total. The third-order valence-electron chi connectivity index (χ3n) is 6.43. The van der Waals surface area contributed by atoms with E-state index in [1.165, 1.54) is 31.4 Å². The fourth-order valence-electron chi connectivity index (χ4n) is 3.85. The third-order valence-corrected chi connectivity index (χ3v) is 6.43. The Kier molecular flexibility index (Phi) is 11.1. The van der Waals surface area contributed by atoms with Gasteiger partial charge in [-0.15, -0.1) is 0 Å². The Hall–Kier alpha value is -3.43. The highest BCUT2D eigenvalue weighted by atomic mass is 16.7. The predicted molar refractivity (Wildman–Crippen MR) is 145 cm³/mol. The number of nitro benzene ring substituents is 1. The minimum Gasteiger partial charge on any atom is -0.491 e. The fraction of sp³-hybridized carbons (Fsp3) is 0.483. The third kappa shape index (κ3) is 8.29. The maximum atomic E-state index is 12.8. The highest BCUT2D eigenvalue weighted by molar-refractivity contribution is 5.97. The van der Waals surface area contributed by atoms with Gasteiger partial charge in [0.05, 0.1) is 36.5 Å². The lowest BCUT2D eigenvalue weighted by molar-refractivity contribution is -0.385. The smallest absolute Gasteiger partial charge is 0.350 e. The molecular weight excluding hydrogens is 488 g/mol. The van der Waals surface area contributed by atoms with E-state index in [0.717, 1.165) is 18.4 Å². The number of hydrogen-bond acceptors (Lipinski definition) is 8. The molecule has 0 radical (unpaired) electrons. The molecule has 2 aromatic rings. The molecule has 0 spiro atoms. The molecule has 2 aromatic carbocycles. The van der Waals surface area contributed by atoms with Gasteiger partial charge >= 0.3 is 5.97 Å². The Labute approximate surface area is 224 Å². The lowest BCUT2D eigenvalue weighted by Crippen LogP contribution is -2.25. The zero-order chi connectivity index (χ0) is 27.5. The van der Waals surface area contributed by atoms with Gasteiger partial charge in [0, 0.05) is 11.5 Å². The first kappa shape index (κ1) is 29.1. The first-order chi connectivity index (χ1) is 18.3. The monoisotopic (exact) mass is 526 g/mol. The molecule has 1 aliphatic rings. The first-order valence-corrected chi connectivity index (χ1v) is 13.2. The molecule has 0 aromatic heterocycles. The van der Waals surface area contributed by atoms with Gasteiger partial charge in [-0.25, -0.2) is 4.79 Å². The van der Waals surface area contributed by atoms with Gasteiger partial charge in [-0.3, -0.25) is 10.1 Å². The van der Waals surface area contributed by atoms with E-state index in [0.29, 0.717) is 19.8 Å². The second-order valence-corrected chi connectivity index (χ2v) is 9.63. The van der Waals surface area contributed by atoms with Crippen molar-refractivity contribution in [1.82, 2.24) is 0 Å². The van der Waals surface area contributed by atoms with Crippen LogP contribution in [0.3, 0.4) is 0 Å². The van der Waals surface area contributed by atoms with E-state index in [4.69, 9.17) is 24.7 Å². The van der Waals surface area contributed by atoms with Crippen LogP contribution in [-0.2, 0) is 9.47 Å². The standard InChI is InChI=1S/C29H38N2O7/c1-4-6-7-8-9-10-21-18-36-29(37-19-21)22-11-13-23(14-12-22)38-28(32)24-15-25(30)27(16-26(24)31(33)34)35-17-20(3)5-2/h9-16,20-21,29H,4-8,17-19,30H2,1-3H3/b10-9+/t20-,21?,29?/m0/s1. The highest BCUT2D eigenvalue weighted by Gasteiger charge is 2.26. The quantitative estimate of drug-likeness (QED) is 0.0587. The minimum absolute atomic E-state index is 0.127. The van der Waals surface area contributed by atoms with Crippen LogP contribution < -0.4 is 15.2 Å². The van der Waals surface area contributed by atoms with Crippen LogP contribution in [0.15, 0.2) is 48.6 Å². The van der Waals surface area contributed by atoms with Crippen LogP contribution in [0.2, 0.25) is 0 Å². The van der Waals surface area contributed by atoms with Gasteiger partial charge in [0.1, 0.15) is 17.1 Å². The van der Waals surface area contributed by atoms with Crippen LogP contribution in [0.1, 0.15) is 75.1 Å². The number of carbonyl (C=O) groups excluding carboxylic acids is 1. The van der Waals surface area contributed by atoms with Gasteiger partial charge < -0.3 is 24.7 Å². The number of benzene rings is 2. The minimum atomic E-state index is -0.886. The summed E-state index contributed by atoms with van der Waals surface area (Å²) in [6.07, 6.45) is 9.44. The largest absolute Gasteiger partial charge is 0.491 e. The molecule has 1 atom stereocenters. The molecule has 3 rings (SSSR count). The van der Waals surface area contributed by atoms with E-state index < -0.39 is 22.9 Å². The molecule has 0 amide bonds. The SMILES string of the molecule is CCCCC/C=C/C1COC(c2ccc(OC(=O)c3cc(N)c(OC[C@@H](C)CC)cc3[N+](=O)[O-])cc2)OC1. The Morgan fingerprint density at radius 2 is 1.89 bits per heavy atom. The van der Waals surface area contributed by atoms with Gasteiger partial charge in [-0.2, -0.15) is 0 Å². The van der Waals surface area contributed by atoms with Crippen LogP contribution in [0.4, 0.5) is 11.4 Å². The van der Waals surface area contributed by atoms with Crippen LogP contribution in [0.25, 0.3) is 0 Å². The predicted octanol–water partition coefficient (Wildman–Crippen LogP) is 6.62. The molecule has 38 heavy (non-hydrogen) atoms. The summed E-state index contributed by atoms with van der Waals surface area (Å²) in [6.45, 7) is 7.69. The van der Waals surface area contributed by atoms with Crippen molar-refractivity contribution < 1.29 is 28.7 Å². The van der Waals surface area contributed by atoms with E-state index in [-0.39, 0.29) is 34.6 Å². The zero-order valence-corrected chi connectivity index (χ0v) is 22.4. The van der Waals surface area contributed by atoms with Crippen molar-refractivity contribution in [1.29, 1.82) is 0 Å². The number of rotatable bonds is 13. The van der Waals surface area contributed by atoms with Crippen molar-refractivity contribution >= 4 is 17.3 Å². The lowest BCUT2D eigenvalue weighted by Gasteiger charge is -2.28. The summed E-state index contributed by atoms with van der Waals surface area (Å²) in [5, 5.41) is 11.6. The van der Waals surface area contributed by atoms with Crippen molar-refractivity contribution in [2.45, 2.75) is 59.2 Å².